The highest BCUT2D eigenvalue weighted by Crippen LogP contribution is 2.27. The number of carbonyl (C=O) groups is 2. The number of aromatic nitrogens is 2. The van der Waals surface area contributed by atoms with Crippen LogP contribution in [0.25, 0.3) is 11.5 Å². The van der Waals surface area contributed by atoms with E-state index in [1.807, 2.05) is 32.0 Å². The molecule has 7 heteroatoms. The Balaban J connectivity index is 1.66. The normalized spacial score (nSPS) is 11.9. The van der Waals surface area contributed by atoms with Crippen molar-refractivity contribution in [2.45, 2.75) is 38.2 Å². The molecule has 1 atom stereocenters. The van der Waals surface area contributed by atoms with Crippen molar-refractivity contribution in [3.63, 3.8) is 0 Å². The lowest BCUT2D eigenvalue weighted by Gasteiger charge is -2.10. The molecule has 1 aromatic heterocycles. The number of thioether (sulfide) groups is 1. The molecule has 0 radical (unpaired) electrons. The molecule has 0 fully saturated rings. The van der Waals surface area contributed by atoms with Gasteiger partial charge in [-0.3, -0.25) is 9.59 Å². The van der Waals surface area contributed by atoms with Crippen LogP contribution in [0.15, 0.2) is 52.1 Å². The second-order valence-corrected chi connectivity index (χ2v) is 7.85. The van der Waals surface area contributed by atoms with E-state index in [4.69, 9.17) is 4.42 Å². The predicted molar refractivity (Wildman–Crippen MR) is 110 cm³/mol. The van der Waals surface area contributed by atoms with Gasteiger partial charge >= 0.3 is 0 Å². The van der Waals surface area contributed by atoms with Crippen LogP contribution in [-0.2, 0) is 4.79 Å². The van der Waals surface area contributed by atoms with Crippen molar-refractivity contribution in [1.82, 2.24) is 10.2 Å². The Morgan fingerprint density at radius 2 is 1.86 bits per heavy atom. The number of nitrogens with one attached hydrogen (secondary N) is 1. The molecule has 0 aliphatic heterocycles. The van der Waals surface area contributed by atoms with Gasteiger partial charge in [-0.05, 0) is 63.1 Å². The monoisotopic (exact) mass is 395 g/mol. The summed E-state index contributed by atoms with van der Waals surface area (Å²) in [5.74, 6) is 0.159. The maximum absolute atomic E-state index is 12.5. The molecule has 2 aromatic carbocycles. The molecule has 6 nitrogen and oxygen atoms in total. The summed E-state index contributed by atoms with van der Waals surface area (Å²) >= 11 is 1.19. The number of aryl methyl sites for hydroxylation is 2. The van der Waals surface area contributed by atoms with Gasteiger partial charge in [-0.2, -0.15) is 0 Å². The summed E-state index contributed by atoms with van der Waals surface area (Å²) in [4.78, 5) is 23.9. The summed E-state index contributed by atoms with van der Waals surface area (Å²) in [5.41, 5.74) is 4.31. The Hall–Kier alpha value is -2.93. The van der Waals surface area contributed by atoms with Crippen LogP contribution < -0.4 is 5.32 Å². The van der Waals surface area contributed by atoms with Crippen LogP contribution in [0.3, 0.4) is 0 Å². The van der Waals surface area contributed by atoms with Crippen LogP contribution in [0.4, 0.5) is 5.69 Å². The Labute approximate surface area is 167 Å². The molecule has 144 valence electrons. The zero-order chi connectivity index (χ0) is 20.3. The molecule has 3 rings (SSSR count). The summed E-state index contributed by atoms with van der Waals surface area (Å²) in [6.07, 6.45) is 0. The summed E-state index contributed by atoms with van der Waals surface area (Å²) < 4.78 is 5.70. The van der Waals surface area contributed by atoms with E-state index < -0.39 is 5.25 Å². The molecule has 0 bridgehead atoms. The first-order chi connectivity index (χ1) is 13.3. The van der Waals surface area contributed by atoms with Gasteiger partial charge in [-0.15, -0.1) is 10.2 Å². The van der Waals surface area contributed by atoms with Gasteiger partial charge in [0, 0.05) is 16.8 Å². The van der Waals surface area contributed by atoms with E-state index >= 15 is 0 Å². The maximum atomic E-state index is 12.5. The minimum absolute atomic E-state index is 0.0525. The number of carbonyl (C=O) groups excluding carboxylic acids is 2. The molecule has 1 amide bonds. The van der Waals surface area contributed by atoms with Crippen LogP contribution in [0.1, 0.15) is 35.3 Å². The standard InChI is InChI=1S/C21H21N3O3S/c1-12-8-9-17(10-13(12)2)20-23-24-21(27-20)28-15(4)19(26)22-18-7-5-6-16(11-18)14(3)25/h5-11,15H,1-4H3,(H,22,26)/t15-/m1/s1. The number of hydrogen-bond acceptors (Lipinski definition) is 6. The van der Waals surface area contributed by atoms with Gasteiger partial charge in [0.15, 0.2) is 5.78 Å². The van der Waals surface area contributed by atoms with Crippen molar-refractivity contribution >= 4 is 29.1 Å². The summed E-state index contributed by atoms with van der Waals surface area (Å²) in [6.45, 7) is 7.32. The molecule has 0 saturated heterocycles. The van der Waals surface area contributed by atoms with Gasteiger partial charge < -0.3 is 9.73 Å². The van der Waals surface area contributed by atoms with Gasteiger partial charge in [0.1, 0.15) is 0 Å². The third-order valence-corrected chi connectivity index (χ3v) is 5.28. The van der Waals surface area contributed by atoms with Crippen molar-refractivity contribution in [2.75, 3.05) is 5.32 Å². The van der Waals surface area contributed by atoms with Gasteiger partial charge in [-0.1, -0.05) is 30.0 Å². The highest BCUT2D eigenvalue weighted by Gasteiger charge is 2.19. The van der Waals surface area contributed by atoms with Crippen molar-refractivity contribution in [1.29, 1.82) is 0 Å². The van der Waals surface area contributed by atoms with Gasteiger partial charge in [0.05, 0.1) is 5.25 Å². The van der Waals surface area contributed by atoms with E-state index in [2.05, 4.69) is 15.5 Å². The summed E-state index contributed by atoms with van der Waals surface area (Å²) in [5, 5.41) is 10.8. The number of hydrogen-bond donors (Lipinski definition) is 1. The minimum atomic E-state index is -0.450. The number of benzene rings is 2. The zero-order valence-corrected chi connectivity index (χ0v) is 17.0. The van der Waals surface area contributed by atoms with E-state index in [9.17, 15) is 9.59 Å². The lowest BCUT2D eigenvalue weighted by atomic mass is 10.1. The highest BCUT2D eigenvalue weighted by molar-refractivity contribution is 8.00. The second-order valence-electron chi connectivity index (χ2n) is 6.56. The molecule has 1 N–H and O–H groups in total. The molecule has 0 spiro atoms. The minimum Gasteiger partial charge on any atom is -0.411 e. The SMILES string of the molecule is CC(=O)c1cccc(NC(=O)[C@@H](C)Sc2nnc(-c3ccc(C)c(C)c3)o2)c1. The molecule has 1 heterocycles. The largest absolute Gasteiger partial charge is 0.411 e. The zero-order valence-electron chi connectivity index (χ0n) is 16.1. The van der Waals surface area contributed by atoms with Crippen LogP contribution in [0, 0.1) is 13.8 Å². The third kappa shape index (κ3) is 4.67. The van der Waals surface area contributed by atoms with E-state index in [-0.39, 0.29) is 11.7 Å². The first kappa shape index (κ1) is 19.8. The Morgan fingerprint density at radius 1 is 1.07 bits per heavy atom. The van der Waals surface area contributed by atoms with Crippen LogP contribution >= 0.6 is 11.8 Å². The van der Waals surface area contributed by atoms with Gasteiger partial charge in [-0.25, -0.2) is 0 Å². The first-order valence-electron chi connectivity index (χ1n) is 8.83. The van der Waals surface area contributed by atoms with Crippen molar-refractivity contribution < 1.29 is 14.0 Å². The van der Waals surface area contributed by atoms with Crippen LogP contribution in [-0.4, -0.2) is 27.1 Å². The first-order valence-corrected chi connectivity index (χ1v) is 9.71. The number of rotatable bonds is 6. The number of Topliss-reactive ketones (excluding diaryl/α,β-unsaturated/α-hetero) is 1. The van der Waals surface area contributed by atoms with Crippen molar-refractivity contribution in [3.05, 3.63) is 59.2 Å². The summed E-state index contributed by atoms with van der Waals surface area (Å²) in [7, 11) is 0. The lowest BCUT2D eigenvalue weighted by molar-refractivity contribution is -0.115. The third-order valence-electron chi connectivity index (χ3n) is 4.34. The molecule has 0 saturated carbocycles. The van der Waals surface area contributed by atoms with E-state index in [1.165, 1.54) is 24.2 Å². The van der Waals surface area contributed by atoms with Crippen molar-refractivity contribution in [3.8, 4) is 11.5 Å². The average Bonchev–Trinajstić information content (AvgIpc) is 3.12. The fourth-order valence-corrected chi connectivity index (χ4v) is 3.20. The van der Waals surface area contributed by atoms with Crippen LogP contribution in [0.5, 0.6) is 0 Å². The highest BCUT2D eigenvalue weighted by atomic mass is 32.2. The molecular weight excluding hydrogens is 374 g/mol. The van der Waals surface area contributed by atoms with E-state index in [1.54, 1.807) is 31.2 Å². The molecular formula is C21H21N3O3S. The van der Waals surface area contributed by atoms with E-state index in [0.29, 0.717) is 22.4 Å². The molecule has 3 aromatic rings. The fraction of sp³-hybridized carbons (Fsp3) is 0.238. The Kier molecular flexibility index (Phi) is 5.94. The topological polar surface area (TPSA) is 85.1 Å². The smallest absolute Gasteiger partial charge is 0.277 e. The molecule has 0 unspecified atom stereocenters. The van der Waals surface area contributed by atoms with Gasteiger partial charge in [0.2, 0.25) is 11.8 Å². The summed E-state index contributed by atoms with van der Waals surface area (Å²) in [6, 6.07) is 12.8. The Bertz CT molecular complexity index is 1030. The predicted octanol–water partition coefficient (Wildman–Crippen LogP) is 4.68. The lowest BCUT2D eigenvalue weighted by Crippen LogP contribution is -2.22. The number of nitrogens with zero attached hydrogens (tertiary/aromatic N) is 2. The average molecular weight is 395 g/mol. The Morgan fingerprint density at radius 3 is 2.57 bits per heavy atom. The number of ketones is 1. The number of amides is 1. The molecule has 0 aliphatic rings. The van der Waals surface area contributed by atoms with Crippen molar-refractivity contribution in [2.24, 2.45) is 0 Å². The second kappa shape index (κ2) is 8.39. The number of anilines is 1. The molecule has 0 aliphatic carbocycles. The maximum Gasteiger partial charge on any atom is 0.277 e. The van der Waals surface area contributed by atoms with Crippen LogP contribution in [0.2, 0.25) is 0 Å². The molecule has 28 heavy (non-hydrogen) atoms. The van der Waals surface area contributed by atoms with Gasteiger partial charge in [0.25, 0.3) is 5.22 Å². The quantitative estimate of drug-likeness (QED) is 0.482. The fourth-order valence-electron chi connectivity index (χ4n) is 2.51. The van der Waals surface area contributed by atoms with E-state index in [0.717, 1.165) is 11.1 Å².